The van der Waals surface area contributed by atoms with Crippen molar-refractivity contribution in [2.45, 2.75) is 44.3 Å². The van der Waals surface area contributed by atoms with E-state index < -0.39 is 0 Å². The zero-order chi connectivity index (χ0) is 26.9. The standard InChI is InChI=1S/C30H38N4O3S/c1-21(2)24-9-7-22(8-10-24)18-34-13-5-6-23(19-34)15-31-29(35)20-38-30-32-16-26(17-33-30)25-11-12-27(36-3)28(14-25)37-4/h7-12,14,16-17,21,23H,5-6,13,15,18-20H2,1-4H3,(H,31,35). The Morgan fingerprint density at radius 3 is 2.47 bits per heavy atom. The molecule has 3 aromatic rings. The molecule has 0 spiro atoms. The monoisotopic (exact) mass is 534 g/mol. The van der Waals surface area contributed by atoms with Crippen LogP contribution in [0.5, 0.6) is 11.5 Å². The molecule has 1 aliphatic rings. The number of hydrogen-bond acceptors (Lipinski definition) is 7. The average molecular weight is 535 g/mol. The first-order chi connectivity index (χ1) is 18.4. The second-order valence-electron chi connectivity index (χ2n) is 10.1. The number of carbonyl (C=O) groups is 1. The van der Waals surface area contributed by atoms with Gasteiger partial charge in [-0.05, 0) is 60.0 Å². The summed E-state index contributed by atoms with van der Waals surface area (Å²) in [5, 5.41) is 3.70. The van der Waals surface area contributed by atoms with Crippen molar-refractivity contribution < 1.29 is 14.3 Å². The van der Waals surface area contributed by atoms with Crippen molar-refractivity contribution in [1.82, 2.24) is 20.2 Å². The van der Waals surface area contributed by atoms with Gasteiger partial charge in [0.15, 0.2) is 16.7 Å². The lowest BCUT2D eigenvalue weighted by molar-refractivity contribution is -0.118. The number of thioether (sulfide) groups is 1. The Hall–Kier alpha value is -3.10. The van der Waals surface area contributed by atoms with Crippen molar-refractivity contribution in [3.8, 4) is 22.6 Å². The molecule has 1 aromatic heterocycles. The van der Waals surface area contributed by atoms with Crippen molar-refractivity contribution in [2.75, 3.05) is 39.6 Å². The third-order valence-electron chi connectivity index (χ3n) is 6.92. The van der Waals surface area contributed by atoms with Gasteiger partial charge < -0.3 is 14.8 Å². The fraction of sp³-hybridized carbons (Fsp3) is 0.433. The van der Waals surface area contributed by atoms with Gasteiger partial charge in [0, 0.05) is 37.6 Å². The Kier molecular flexibility index (Phi) is 10.0. The quantitative estimate of drug-likeness (QED) is 0.261. The molecule has 1 fully saturated rings. The molecule has 1 N–H and O–H groups in total. The lowest BCUT2D eigenvalue weighted by Crippen LogP contribution is -2.40. The number of carbonyl (C=O) groups excluding carboxylic acids is 1. The van der Waals surface area contributed by atoms with E-state index in [0.29, 0.717) is 40.8 Å². The van der Waals surface area contributed by atoms with E-state index >= 15 is 0 Å². The van der Waals surface area contributed by atoms with Gasteiger partial charge in [0.2, 0.25) is 5.91 Å². The highest BCUT2D eigenvalue weighted by atomic mass is 32.2. The maximum atomic E-state index is 12.5. The first-order valence-corrected chi connectivity index (χ1v) is 14.2. The first kappa shape index (κ1) is 27.9. The van der Waals surface area contributed by atoms with Gasteiger partial charge >= 0.3 is 0 Å². The number of piperidine rings is 1. The Bertz CT molecular complexity index is 1190. The van der Waals surface area contributed by atoms with Crippen LogP contribution in [-0.4, -0.2) is 60.4 Å². The molecule has 38 heavy (non-hydrogen) atoms. The Morgan fingerprint density at radius 2 is 1.79 bits per heavy atom. The van der Waals surface area contributed by atoms with Gasteiger partial charge in [0.1, 0.15) is 0 Å². The number of hydrogen-bond donors (Lipinski definition) is 1. The molecule has 7 nitrogen and oxygen atoms in total. The van der Waals surface area contributed by atoms with Gasteiger partial charge in [-0.25, -0.2) is 9.97 Å². The summed E-state index contributed by atoms with van der Waals surface area (Å²) >= 11 is 1.35. The maximum absolute atomic E-state index is 12.5. The molecule has 1 saturated heterocycles. The summed E-state index contributed by atoms with van der Waals surface area (Å²) in [6.45, 7) is 8.25. The minimum Gasteiger partial charge on any atom is -0.493 e. The van der Waals surface area contributed by atoms with Crippen molar-refractivity contribution in [3.05, 3.63) is 66.0 Å². The van der Waals surface area contributed by atoms with Gasteiger partial charge in [0.05, 0.1) is 20.0 Å². The molecule has 0 saturated carbocycles. The fourth-order valence-corrected chi connectivity index (χ4v) is 5.34. The second kappa shape index (κ2) is 13.6. The molecule has 1 aliphatic heterocycles. The van der Waals surface area contributed by atoms with Crippen molar-refractivity contribution in [2.24, 2.45) is 5.92 Å². The van der Waals surface area contributed by atoms with Crippen LogP contribution in [0.1, 0.15) is 43.7 Å². The number of ether oxygens (including phenoxy) is 2. The summed E-state index contributed by atoms with van der Waals surface area (Å²) in [6, 6.07) is 14.7. The van der Waals surface area contributed by atoms with Crippen LogP contribution in [0.3, 0.4) is 0 Å². The van der Waals surface area contributed by atoms with Crippen LogP contribution in [0, 0.1) is 5.92 Å². The van der Waals surface area contributed by atoms with E-state index in [4.69, 9.17) is 9.47 Å². The van der Waals surface area contributed by atoms with E-state index in [0.717, 1.165) is 37.2 Å². The Balaban J connectivity index is 1.21. The molecule has 4 rings (SSSR count). The SMILES string of the molecule is COc1ccc(-c2cnc(SCC(=O)NCC3CCCN(Cc4ccc(C(C)C)cc4)C3)nc2)cc1OC. The molecule has 0 radical (unpaired) electrons. The third-order valence-corrected chi connectivity index (χ3v) is 7.80. The summed E-state index contributed by atoms with van der Waals surface area (Å²) in [4.78, 5) is 23.9. The van der Waals surface area contributed by atoms with Gasteiger partial charge in [-0.2, -0.15) is 0 Å². The summed E-state index contributed by atoms with van der Waals surface area (Å²) < 4.78 is 10.7. The van der Waals surface area contributed by atoms with Crippen LogP contribution in [0.15, 0.2) is 60.0 Å². The summed E-state index contributed by atoms with van der Waals surface area (Å²) in [5.41, 5.74) is 4.54. The smallest absolute Gasteiger partial charge is 0.230 e. The summed E-state index contributed by atoms with van der Waals surface area (Å²) in [6.07, 6.45) is 5.85. The van der Waals surface area contributed by atoms with E-state index in [9.17, 15) is 4.79 Å². The molecular weight excluding hydrogens is 496 g/mol. The number of benzene rings is 2. The number of nitrogens with one attached hydrogen (secondary N) is 1. The Morgan fingerprint density at radius 1 is 1.05 bits per heavy atom. The molecular formula is C30H38N4O3S. The highest BCUT2D eigenvalue weighted by molar-refractivity contribution is 7.99. The highest BCUT2D eigenvalue weighted by Gasteiger charge is 2.20. The van der Waals surface area contributed by atoms with Crippen molar-refractivity contribution >= 4 is 17.7 Å². The lowest BCUT2D eigenvalue weighted by Gasteiger charge is -2.33. The largest absolute Gasteiger partial charge is 0.493 e. The minimum atomic E-state index is 0.0176. The fourth-order valence-electron chi connectivity index (χ4n) is 4.72. The summed E-state index contributed by atoms with van der Waals surface area (Å²) in [5.74, 6) is 2.68. The van der Waals surface area contributed by atoms with E-state index in [2.05, 4.69) is 58.3 Å². The van der Waals surface area contributed by atoms with E-state index in [1.165, 1.54) is 29.3 Å². The molecule has 2 heterocycles. The number of nitrogens with zero attached hydrogens (tertiary/aromatic N) is 3. The average Bonchev–Trinajstić information content (AvgIpc) is 2.95. The van der Waals surface area contributed by atoms with Crippen molar-refractivity contribution in [1.29, 1.82) is 0 Å². The number of aromatic nitrogens is 2. The van der Waals surface area contributed by atoms with Gasteiger partial charge in [-0.15, -0.1) is 0 Å². The molecule has 1 unspecified atom stereocenters. The van der Waals surface area contributed by atoms with E-state index in [1.54, 1.807) is 26.6 Å². The minimum absolute atomic E-state index is 0.0176. The van der Waals surface area contributed by atoms with E-state index in [-0.39, 0.29) is 5.91 Å². The molecule has 202 valence electrons. The highest BCUT2D eigenvalue weighted by Crippen LogP contribution is 2.32. The predicted molar refractivity (Wildman–Crippen MR) is 153 cm³/mol. The zero-order valence-corrected chi connectivity index (χ0v) is 23.6. The van der Waals surface area contributed by atoms with Crippen LogP contribution in [0.25, 0.3) is 11.1 Å². The van der Waals surface area contributed by atoms with Crippen molar-refractivity contribution in [3.63, 3.8) is 0 Å². The van der Waals surface area contributed by atoms with Crippen LogP contribution in [0.4, 0.5) is 0 Å². The Labute approximate surface area is 230 Å². The number of methoxy groups -OCH3 is 2. The maximum Gasteiger partial charge on any atom is 0.230 e. The molecule has 1 amide bonds. The van der Waals surface area contributed by atoms with Gasteiger partial charge in [0.25, 0.3) is 0 Å². The molecule has 0 aliphatic carbocycles. The van der Waals surface area contributed by atoms with Crippen LogP contribution < -0.4 is 14.8 Å². The van der Waals surface area contributed by atoms with E-state index in [1.807, 2.05) is 18.2 Å². The zero-order valence-electron chi connectivity index (χ0n) is 22.8. The molecule has 2 aromatic carbocycles. The predicted octanol–water partition coefficient (Wildman–Crippen LogP) is 5.40. The second-order valence-corrected chi connectivity index (χ2v) is 11.0. The number of amides is 1. The number of rotatable bonds is 11. The van der Waals surface area contributed by atoms with Crippen LogP contribution >= 0.6 is 11.8 Å². The molecule has 8 heteroatoms. The topological polar surface area (TPSA) is 76.6 Å². The third kappa shape index (κ3) is 7.71. The van der Waals surface area contributed by atoms with Gasteiger partial charge in [-0.1, -0.05) is 55.9 Å². The van der Waals surface area contributed by atoms with Gasteiger partial charge in [-0.3, -0.25) is 9.69 Å². The van der Waals surface area contributed by atoms with Crippen LogP contribution in [0.2, 0.25) is 0 Å². The molecule has 1 atom stereocenters. The number of likely N-dealkylation sites (tertiary alicyclic amines) is 1. The lowest BCUT2D eigenvalue weighted by atomic mass is 9.97. The van der Waals surface area contributed by atoms with Crippen LogP contribution in [-0.2, 0) is 11.3 Å². The summed E-state index contributed by atoms with van der Waals surface area (Å²) in [7, 11) is 3.22. The first-order valence-electron chi connectivity index (χ1n) is 13.2. The molecule has 0 bridgehead atoms. The normalized spacial score (nSPS) is 15.9.